The molecule has 4 aliphatic rings. The third-order valence-electron chi connectivity index (χ3n) is 7.74. The minimum Gasteiger partial charge on any atom is -0.478 e. The fraction of sp³-hybridized carbons (Fsp3) is 0.440. The molecule has 1 aromatic heterocycles. The van der Waals surface area contributed by atoms with Crippen molar-refractivity contribution in [1.29, 1.82) is 0 Å². The third-order valence-corrected chi connectivity index (χ3v) is 7.74. The van der Waals surface area contributed by atoms with E-state index in [9.17, 15) is 4.79 Å². The Labute approximate surface area is 175 Å². The van der Waals surface area contributed by atoms with Crippen LogP contribution in [0.2, 0.25) is 0 Å². The van der Waals surface area contributed by atoms with Gasteiger partial charge in [0, 0.05) is 0 Å². The van der Waals surface area contributed by atoms with E-state index in [-0.39, 0.29) is 5.56 Å². The first-order valence-corrected chi connectivity index (χ1v) is 11.0. The van der Waals surface area contributed by atoms with E-state index in [4.69, 9.17) is 9.84 Å². The zero-order chi connectivity index (χ0) is 20.3. The van der Waals surface area contributed by atoms with E-state index in [1.54, 1.807) is 24.5 Å². The summed E-state index contributed by atoms with van der Waals surface area (Å²) in [5.41, 5.74) is 3.69. The molecule has 30 heavy (non-hydrogen) atoms. The van der Waals surface area contributed by atoms with Crippen molar-refractivity contribution in [3.8, 4) is 5.75 Å². The van der Waals surface area contributed by atoms with Crippen molar-refractivity contribution in [2.75, 3.05) is 0 Å². The Kier molecular flexibility index (Phi) is 3.95. The number of ether oxygens (including phenoxy) is 1. The smallest absolute Gasteiger partial charge is 0.335 e. The van der Waals surface area contributed by atoms with Crippen molar-refractivity contribution in [2.45, 2.75) is 50.7 Å². The Balaban J connectivity index is 1.18. The van der Waals surface area contributed by atoms with Crippen LogP contribution in [0.15, 0.2) is 48.8 Å². The average molecular weight is 402 g/mol. The number of nitrogens with zero attached hydrogens (tertiary/aromatic N) is 2. The summed E-state index contributed by atoms with van der Waals surface area (Å²) in [6.07, 6.45) is 10.2. The molecule has 3 aromatic rings. The second-order valence-corrected chi connectivity index (χ2v) is 9.72. The van der Waals surface area contributed by atoms with Crippen LogP contribution in [0.5, 0.6) is 5.75 Å². The molecular weight excluding hydrogens is 376 g/mol. The maximum atomic E-state index is 11.1. The number of rotatable bonds is 5. The Morgan fingerprint density at radius 3 is 2.33 bits per heavy atom. The van der Waals surface area contributed by atoms with Crippen LogP contribution in [0.3, 0.4) is 0 Å². The fourth-order valence-electron chi connectivity index (χ4n) is 6.81. The van der Waals surface area contributed by atoms with Crippen LogP contribution in [0, 0.1) is 17.8 Å². The van der Waals surface area contributed by atoms with E-state index in [1.807, 2.05) is 4.57 Å². The molecule has 0 amide bonds. The average Bonchev–Trinajstić information content (AvgIpc) is 3.14. The number of benzene rings is 2. The normalized spacial score (nSPS) is 29.4. The summed E-state index contributed by atoms with van der Waals surface area (Å²) in [4.78, 5) is 15.4. The molecule has 0 aliphatic heterocycles. The van der Waals surface area contributed by atoms with Gasteiger partial charge in [0.25, 0.3) is 0 Å². The van der Waals surface area contributed by atoms with Crippen LogP contribution in [0.25, 0.3) is 11.0 Å². The number of aromatic nitrogens is 2. The molecule has 0 unspecified atom stereocenters. The zero-order valence-electron chi connectivity index (χ0n) is 17.0. The van der Waals surface area contributed by atoms with Crippen LogP contribution < -0.4 is 4.74 Å². The molecule has 0 saturated heterocycles. The molecule has 1 heterocycles. The van der Waals surface area contributed by atoms with Crippen LogP contribution in [-0.4, -0.2) is 20.6 Å². The minimum atomic E-state index is -0.943. The van der Waals surface area contributed by atoms with Crippen molar-refractivity contribution in [3.05, 3.63) is 59.9 Å². The number of hydrogen-bond acceptors (Lipinski definition) is 3. The lowest BCUT2D eigenvalue weighted by atomic mass is 9.48. The first-order valence-electron chi connectivity index (χ1n) is 11.0. The molecule has 1 N–H and O–H groups in total. The van der Waals surface area contributed by atoms with Gasteiger partial charge in [0.15, 0.2) is 6.73 Å². The topological polar surface area (TPSA) is 64.3 Å². The van der Waals surface area contributed by atoms with Crippen molar-refractivity contribution >= 4 is 17.0 Å². The van der Waals surface area contributed by atoms with Gasteiger partial charge in [-0.2, -0.15) is 0 Å². The van der Waals surface area contributed by atoms with Gasteiger partial charge >= 0.3 is 5.97 Å². The highest BCUT2D eigenvalue weighted by molar-refractivity contribution is 5.92. The van der Waals surface area contributed by atoms with E-state index < -0.39 is 5.97 Å². The standard InChI is InChI=1S/C25H26N2O3/c28-24(29)19-1-6-23-22(10-19)26-14-27(23)15-30-21-4-2-20(3-5-21)25-11-16-7-17(12-25)9-18(8-16)13-25/h1-6,10,14,16-18H,7-9,11-13,15H2,(H,28,29). The third kappa shape index (κ3) is 2.91. The fourth-order valence-corrected chi connectivity index (χ4v) is 6.81. The first kappa shape index (κ1) is 18.0. The van der Waals surface area contributed by atoms with Gasteiger partial charge < -0.3 is 9.84 Å². The lowest BCUT2D eigenvalue weighted by molar-refractivity contribution is -0.00521. The molecule has 5 heteroatoms. The highest BCUT2D eigenvalue weighted by Crippen LogP contribution is 2.60. The number of hydrogen-bond donors (Lipinski definition) is 1. The largest absolute Gasteiger partial charge is 0.478 e. The molecule has 4 saturated carbocycles. The van der Waals surface area contributed by atoms with E-state index in [0.29, 0.717) is 17.7 Å². The van der Waals surface area contributed by atoms with Gasteiger partial charge in [0.05, 0.1) is 22.9 Å². The van der Waals surface area contributed by atoms with Gasteiger partial charge in [-0.3, -0.25) is 4.57 Å². The first-order chi connectivity index (χ1) is 14.6. The zero-order valence-corrected chi connectivity index (χ0v) is 17.0. The molecule has 0 atom stereocenters. The number of aromatic carboxylic acids is 1. The summed E-state index contributed by atoms with van der Waals surface area (Å²) in [5.74, 6) is 2.75. The molecule has 4 bridgehead atoms. The van der Waals surface area contributed by atoms with E-state index in [0.717, 1.165) is 29.0 Å². The summed E-state index contributed by atoms with van der Waals surface area (Å²) in [6.45, 7) is 0.347. The van der Waals surface area contributed by atoms with E-state index in [2.05, 4.69) is 29.2 Å². The Hall–Kier alpha value is -2.82. The second-order valence-electron chi connectivity index (χ2n) is 9.72. The Morgan fingerprint density at radius 1 is 1.03 bits per heavy atom. The van der Waals surface area contributed by atoms with Crippen LogP contribution in [-0.2, 0) is 12.1 Å². The monoisotopic (exact) mass is 402 g/mol. The SMILES string of the molecule is O=C(O)c1ccc2c(c1)ncn2COc1ccc(C23CC4CC(CC(C4)C2)C3)cc1. The van der Waals surface area contributed by atoms with Gasteiger partial charge in [-0.25, -0.2) is 9.78 Å². The predicted octanol–water partition coefficient (Wildman–Crippen LogP) is 5.24. The molecule has 0 spiro atoms. The Bertz CT molecular complexity index is 1080. The van der Waals surface area contributed by atoms with Crippen molar-refractivity contribution in [1.82, 2.24) is 9.55 Å². The quantitative estimate of drug-likeness (QED) is 0.634. The highest BCUT2D eigenvalue weighted by atomic mass is 16.5. The number of imidazole rings is 1. The molecule has 4 fully saturated rings. The van der Waals surface area contributed by atoms with Gasteiger partial charge in [0.2, 0.25) is 0 Å². The van der Waals surface area contributed by atoms with Crippen LogP contribution in [0.1, 0.15) is 54.4 Å². The number of carbonyl (C=O) groups is 1. The second kappa shape index (κ2) is 6.59. The summed E-state index contributed by atoms with van der Waals surface area (Å²) < 4.78 is 7.91. The van der Waals surface area contributed by atoms with Crippen LogP contribution >= 0.6 is 0 Å². The Morgan fingerprint density at radius 2 is 1.70 bits per heavy atom. The number of fused-ring (bicyclic) bond motifs is 1. The van der Waals surface area contributed by atoms with Gasteiger partial charge in [0.1, 0.15) is 5.75 Å². The highest BCUT2D eigenvalue weighted by Gasteiger charge is 2.51. The predicted molar refractivity (Wildman–Crippen MR) is 114 cm³/mol. The van der Waals surface area contributed by atoms with Gasteiger partial charge in [-0.05, 0) is 97.6 Å². The summed E-state index contributed by atoms with van der Waals surface area (Å²) in [6, 6.07) is 13.8. The molecular formula is C25H26N2O3. The van der Waals surface area contributed by atoms with Gasteiger partial charge in [-0.15, -0.1) is 0 Å². The lowest BCUT2D eigenvalue weighted by Crippen LogP contribution is -2.48. The van der Waals surface area contributed by atoms with Gasteiger partial charge in [-0.1, -0.05) is 12.1 Å². The molecule has 4 aliphatic carbocycles. The molecule has 7 rings (SSSR count). The van der Waals surface area contributed by atoms with Crippen molar-refractivity contribution in [3.63, 3.8) is 0 Å². The maximum absolute atomic E-state index is 11.1. The number of carboxylic acids is 1. The lowest BCUT2D eigenvalue weighted by Gasteiger charge is -2.57. The summed E-state index contributed by atoms with van der Waals surface area (Å²) >= 11 is 0. The summed E-state index contributed by atoms with van der Waals surface area (Å²) in [5, 5.41) is 9.13. The van der Waals surface area contributed by atoms with E-state index >= 15 is 0 Å². The summed E-state index contributed by atoms with van der Waals surface area (Å²) in [7, 11) is 0. The van der Waals surface area contributed by atoms with E-state index in [1.165, 1.54) is 44.1 Å². The molecule has 154 valence electrons. The maximum Gasteiger partial charge on any atom is 0.335 e. The number of carboxylic acid groups (broad SMARTS) is 1. The van der Waals surface area contributed by atoms with Crippen molar-refractivity contribution in [2.24, 2.45) is 17.8 Å². The molecule has 5 nitrogen and oxygen atoms in total. The minimum absolute atomic E-state index is 0.244. The van der Waals surface area contributed by atoms with Crippen LogP contribution in [0.4, 0.5) is 0 Å². The van der Waals surface area contributed by atoms with Crippen molar-refractivity contribution < 1.29 is 14.6 Å². The molecule has 2 aromatic carbocycles. The molecule has 0 radical (unpaired) electrons.